The van der Waals surface area contributed by atoms with Crippen LogP contribution in [0.1, 0.15) is 48.0 Å². The van der Waals surface area contributed by atoms with Crippen molar-refractivity contribution in [3.63, 3.8) is 0 Å². The normalized spacial score (nSPS) is 14.7. The zero-order valence-corrected chi connectivity index (χ0v) is 11.3. The minimum atomic E-state index is -0.464. The van der Waals surface area contributed by atoms with Gasteiger partial charge >= 0.3 is 5.97 Å². The van der Waals surface area contributed by atoms with Crippen LogP contribution in [0, 0.1) is 0 Å². The third-order valence-corrected chi connectivity index (χ3v) is 2.10. The fraction of sp³-hybridized carbons (Fsp3) is 0.917. The van der Waals surface area contributed by atoms with Crippen molar-refractivity contribution in [3.8, 4) is 0 Å². The van der Waals surface area contributed by atoms with Crippen LogP contribution in [-0.4, -0.2) is 34.9 Å². The summed E-state index contributed by atoms with van der Waals surface area (Å²) in [6, 6.07) is -0.374. The molecule has 0 saturated heterocycles. The fourth-order valence-corrected chi connectivity index (χ4v) is 1.39. The number of hydrogen-bond donors (Lipinski definition) is 2. The first-order valence-corrected chi connectivity index (χ1v) is 5.69. The molecular formula is C12H25NO3. The number of aliphatic hydroxyl groups is 1. The molecule has 0 aromatic carbocycles. The number of esters is 1. The quantitative estimate of drug-likeness (QED) is 0.703. The molecule has 96 valence electrons. The molecule has 4 heteroatoms. The fourth-order valence-electron chi connectivity index (χ4n) is 1.39. The second-order valence-corrected chi connectivity index (χ2v) is 5.76. The van der Waals surface area contributed by atoms with E-state index in [1.54, 1.807) is 6.92 Å². The molecule has 0 radical (unpaired) electrons. The number of nitrogens with one attached hydrogen (secondary N) is 1. The van der Waals surface area contributed by atoms with E-state index in [0.717, 1.165) is 0 Å². The highest BCUT2D eigenvalue weighted by atomic mass is 16.6. The average Bonchev–Trinajstić information content (AvgIpc) is 1.99. The molecule has 16 heavy (non-hydrogen) atoms. The maximum atomic E-state index is 11.7. The maximum Gasteiger partial charge on any atom is 0.323 e. The van der Waals surface area contributed by atoms with E-state index in [-0.39, 0.29) is 24.2 Å². The van der Waals surface area contributed by atoms with E-state index < -0.39 is 5.60 Å². The summed E-state index contributed by atoms with van der Waals surface area (Å²) in [5.74, 6) is -0.265. The van der Waals surface area contributed by atoms with Gasteiger partial charge in [-0.15, -0.1) is 0 Å². The Morgan fingerprint density at radius 3 is 2.19 bits per heavy atom. The second-order valence-electron chi connectivity index (χ2n) is 5.76. The standard InChI is InChI=1S/C12H25NO3/c1-9(10(15)16-11(2,3)4)13-12(5,6)7-8-14/h9,13-14H,7-8H2,1-6H3. The first kappa shape index (κ1) is 15.4. The van der Waals surface area contributed by atoms with Crippen LogP contribution in [-0.2, 0) is 9.53 Å². The van der Waals surface area contributed by atoms with E-state index in [0.29, 0.717) is 6.42 Å². The topological polar surface area (TPSA) is 58.6 Å². The van der Waals surface area contributed by atoms with Gasteiger partial charge in [-0.05, 0) is 48.0 Å². The van der Waals surface area contributed by atoms with Crippen molar-refractivity contribution in [2.24, 2.45) is 0 Å². The van der Waals surface area contributed by atoms with Gasteiger partial charge in [0.2, 0.25) is 0 Å². The van der Waals surface area contributed by atoms with Gasteiger partial charge in [-0.2, -0.15) is 0 Å². The van der Waals surface area contributed by atoms with Crippen molar-refractivity contribution in [1.29, 1.82) is 0 Å². The minimum Gasteiger partial charge on any atom is -0.459 e. The van der Waals surface area contributed by atoms with Gasteiger partial charge in [0.15, 0.2) is 0 Å². The SMILES string of the molecule is CC(NC(C)(C)CCO)C(=O)OC(C)(C)C. The molecule has 0 rings (SSSR count). The number of hydrogen-bond acceptors (Lipinski definition) is 4. The Morgan fingerprint density at radius 2 is 1.81 bits per heavy atom. The van der Waals surface area contributed by atoms with Gasteiger partial charge in [0, 0.05) is 12.1 Å². The molecule has 0 aliphatic rings. The lowest BCUT2D eigenvalue weighted by atomic mass is 10.00. The van der Waals surface area contributed by atoms with Gasteiger partial charge in [0.1, 0.15) is 11.6 Å². The van der Waals surface area contributed by atoms with Crippen LogP contribution in [0.2, 0.25) is 0 Å². The molecule has 0 aliphatic carbocycles. The number of ether oxygens (including phenoxy) is 1. The van der Waals surface area contributed by atoms with Crippen LogP contribution in [0.15, 0.2) is 0 Å². The van der Waals surface area contributed by atoms with Gasteiger partial charge < -0.3 is 9.84 Å². The van der Waals surface area contributed by atoms with Crippen molar-refractivity contribution < 1.29 is 14.6 Å². The Balaban J connectivity index is 4.25. The molecule has 0 aromatic rings. The number of carbonyl (C=O) groups excluding carboxylic acids is 1. The summed E-state index contributed by atoms with van der Waals surface area (Å²) in [6.45, 7) is 11.3. The molecule has 0 amide bonds. The predicted octanol–water partition coefficient (Wildman–Crippen LogP) is 1.47. The predicted molar refractivity (Wildman–Crippen MR) is 64.2 cm³/mol. The molecule has 0 bridgehead atoms. The molecule has 1 unspecified atom stereocenters. The smallest absolute Gasteiger partial charge is 0.323 e. The summed E-state index contributed by atoms with van der Waals surface area (Å²) >= 11 is 0. The van der Waals surface area contributed by atoms with E-state index in [4.69, 9.17) is 9.84 Å². The van der Waals surface area contributed by atoms with Crippen molar-refractivity contribution >= 4 is 5.97 Å². The highest BCUT2D eigenvalue weighted by Crippen LogP contribution is 2.12. The number of carbonyl (C=O) groups is 1. The lowest BCUT2D eigenvalue weighted by Gasteiger charge is -2.30. The van der Waals surface area contributed by atoms with Crippen LogP contribution >= 0.6 is 0 Å². The highest BCUT2D eigenvalue weighted by molar-refractivity contribution is 5.75. The zero-order valence-electron chi connectivity index (χ0n) is 11.3. The molecule has 0 aliphatic heterocycles. The summed E-state index contributed by atoms with van der Waals surface area (Å²) in [6.07, 6.45) is 0.597. The van der Waals surface area contributed by atoms with Crippen LogP contribution in [0.25, 0.3) is 0 Å². The molecule has 4 nitrogen and oxygen atoms in total. The van der Waals surface area contributed by atoms with E-state index >= 15 is 0 Å². The second kappa shape index (κ2) is 5.64. The van der Waals surface area contributed by atoms with E-state index in [9.17, 15) is 4.79 Å². The van der Waals surface area contributed by atoms with E-state index in [1.165, 1.54) is 0 Å². The molecular weight excluding hydrogens is 206 g/mol. The number of aliphatic hydroxyl groups excluding tert-OH is 1. The van der Waals surface area contributed by atoms with Crippen molar-refractivity contribution in [1.82, 2.24) is 5.32 Å². The van der Waals surface area contributed by atoms with Crippen molar-refractivity contribution in [2.75, 3.05) is 6.61 Å². The lowest BCUT2D eigenvalue weighted by Crippen LogP contribution is -2.50. The van der Waals surface area contributed by atoms with Crippen molar-refractivity contribution in [3.05, 3.63) is 0 Å². The van der Waals surface area contributed by atoms with Gasteiger partial charge in [-0.3, -0.25) is 10.1 Å². The zero-order chi connectivity index (χ0) is 13.0. The average molecular weight is 231 g/mol. The highest BCUT2D eigenvalue weighted by Gasteiger charge is 2.26. The van der Waals surface area contributed by atoms with Gasteiger partial charge in [-0.1, -0.05) is 0 Å². The first-order valence-electron chi connectivity index (χ1n) is 5.69. The summed E-state index contributed by atoms with van der Waals surface area (Å²) < 4.78 is 5.26. The van der Waals surface area contributed by atoms with E-state index in [1.807, 2.05) is 34.6 Å². The Hall–Kier alpha value is -0.610. The van der Waals surface area contributed by atoms with Gasteiger partial charge in [-0.25, -0.2) is 0 Å². The summed E-state index contributed by atoms with van der Waals surface area (Å²) in [7, 11) is 0. The molecule has 0 heterocycles. The molecule has 1 atom stereocenters. The van der Waals surface area contributed by atoms with Crippen LogP contribution in [0.3, 0.4) is 0 Å². The third kappa shape index (κ3) is 6.80. The molecule has 2 N–H and O–H groups in total. The Kier molecular flexibility index (Phi) is 5.42. The Labute approximate surface area is 98.4 Å². The first-order chi connectivity index (χ1) is 7.07. The van der Waals surface area contributed by atoms with Crippen LogP contribution < -0.4 is 5.32 Å². The van der Waals surface area contributed by atoms with E-state index in [2.05, 4.69) is 5.32 Å². The Bertz CT molecular complexity index is 231. The van der Waals surface area contributed by atoms with Gasteiger partial charge in [0.25, 0.3) is 0 Å². The molecule has 0 saturated carbocycles. The molecule has 0 fully saturated rings. The summed E-state index contributed by atoms with van der Waals surface area (Å²) in [5, 5.41) is 12.0. The Morgan fingerprint density at radius 1 is 1.31 bits per heavy atom. The lowest BCUT2D eigenvalue weighted by molar-refractivity contribution is -0.157. The van der Waals surface area contributed by atoms with Crippen LogP contribution in [0.5, 0.6) is 0 Å². The maximum absolute atomic E-state index is 11.7. The molecule has 0 aromatic heterocycles. The number of rotatable bonds is 5. The third-order valence-electron chi connectivity index (χ3n) is 2.10. The largest absolute Gasteiger partial charge is 0.459 e. The van der Waals surface area contributed by atoms with Crippen molar-refractivity contribution in [2.45, 2.75) is 65.1 Å². The van der Waals surface area contributed by atoms with Crippen LogP contribution in [0.4, 0.5) is 0 Å². The molecule has 0 spiro atoms. The monoisotopic (exact) mass is 231 g/mol. The minimum absolute atomic E-state index is 0.0983. The van der Waals surface area contributed by atoms with Gasteiger partial charge in [0.05, 0.1) is 0 Å². The summed E-state index contributed by atoms with van der Waals surface area (Å²) in [4.78, 5) is 11.7. The summed E-state index contributed by atoms with van der Waals surface area (Å²) in [5.41, 5.74) is -0.737.